The summed E-state index contributed by atoms with van der Waals surface area (Å²) in [6, 6.07) is 7.72. The Balaban J connectivity index is 1.96. The Morgan fingerprint density at radius 1 is 1.50 bits per heavy atom. The summed E-state index contributed by atoms with van der Waals surface area (Å²) in [6.45, 7) is 0.892. The van der Waals surface area contributed by atoms with E-state index in [9.17, 15) is 4.79 Å². The van der Waals surface area contributed by atoms with E-state index in [1.54, 1.807) is 11.0 Å². The number of nitrogens with zero attached hydrogens (tertiary/aromatic N) is 1. The van der Waals surface area contributed by atoms with Crippen molar-refractivity contribution in [2.75, 3.05) is 13.1 Å². The van der Waals surface area contributed by atoms with Crippen LogP contribution in [0.1, 0.15) is 5.56 Å². The largest absolute Gasteiger partial charge is 0.389 e. The van der Waals surface area contributed by atoms with Crippen LogP contribution in [0.15, 0.2) is 34.8 Å². The number of hydrogen-bond donors (Lipinski definition) is 1. The summed E-state index contributed by atoms with van der Waals surface area (Å²) in [5, 5.41) is 9.06. The zero-order chi connectivity index (χ0) is 11.5. The van der Waals surface area contributed by atoms with Crippen molar-refractivity contribution in [3.05, 3.63) is 40.4 Å². The number of halogens is 1. The van der Waals surface area contributed by atoms with Gasteiger partial charge < -0.3 is 10.0 Å². The highest BCUT2D eigenvalue weighted by Crippen LogP contribution is 2.13. The van der Waals surface area contributed by atoms with E-state index in [1.165, 1.54) is 6.08 Å². The van der Waals surface area contributed by atoms with Crippen molar-refractivity contribution in [3.63, 3.8) is 0 Å². The van der Waals surface area contributed by atoms with Gasteiger partial charge in [-0.1, -0.05) is 28.1 Å². The van der Waals surface area contributed by atoms with Crippen molar-refractivity contribution in [3.8, 4) is 0 Å². The highest BCUT2D eigenvalue weighted by Gasteiger charge is 2.26. The number of hydrogen-bond acceptors (Lipinski definition) is 2. The van der Waals surface area contributed by atoms with Crippen LogP contribution in [0.25, 0.3) is 6.08 Å². The number of β-amino-alcohol motifs (C(OH)–C–C–N with tert-alkyl or cyclic N) is 1. The highest BCUT2D eigenvalue weighted by molar-refractivity contribution is 9.10. The maximum atomic E-state index is 11.5. The fraction of sp³-hybridized carbons (Fsp3) is 0.250. The summed E-state index contributed by atoms with van der Waals surface area (Å²) in [4.78, 5) is 13.2. The standard InChI is InChI=1S/C12H12BrNO2/c13-10-3-1-2-9(6-10)4-5-12(16)14-7-11(15)8-14/h1-6,11,15H,7-8H2. The Morgan fingerprint density at radius 3 is 2.88 bits per heavy atom. The number of benzene rings is 1. The van der Waals surface area contributed by atoms with Crippen molar-refractivity contribution >= 4 is 27.9 Å². The Labute approximate surface area is 103 Å². The van der Waals surface area contributed by atoms with Gasteiger partial charge in [0, 0.05) is 23.6 Å². The lowest BCUT2D eigenvalue weighted by Crippen LogP contribution is -2.52. The van der Waals surface area contributed by atoms with E-state index in [-0.39, 0.29) is 12.0 Å². The van der Waals surface area contributed by atoms with Crippen molar-refractivity contribution in [2.24, 2.45) is 0 Å². The lowest BCUT2D eigenvalue weighted by Gasteiger charge is -2.34. The summed E-state index contributed by atoms with van der Waals surface area (Å²) in [7, 11) is 0. The maximum Gasteiger partial charge on any atom is 0.246 e. The minimum Gasteiger partial charge on any atom is -0.389 e. The van der Waals surface area contributed by atoms with Gasteiger partial charge in [0.15, 0.2) is 0 Å². The molecule has 1 aromatic carbocycles. The SMILES string of the molecule is O=C(C=Cc1cccc(Br)c1)N1CC(O)C1. The van der Waals surface area contributed by atoms with E-state index >= 15 is 0 Å². The maximum absolute atomic E-state index is 11.5. The van der Waals surface area contributed by atoms with Crippen LogP contribution in [0.3, 0.4) is 0 Å². The molecule has 0 atom stereocenters. The van der Waals surface area contributed by atoms with Crippen LogP contribution in [0.2, 0.25) is 0 Å². The number of aliphatic hydroxyl groups excluding tert-OH is 1. The van der Waals surface area contributed by atoms with Crippen LogP contribution in [0, 0.1) is 0 Å². The molecule has 0 spiro atoms. The summed E-state index contributed by atoms with van der Waals surface area (Å²) >= 11 is 3.37. The molecule has 1 saturated heterocycles. The first-order valence-corrected chi connectivity index (χ1v) is 5.85. The van der Waals surface area contributed by atoms with Gasteiger partial charge in [0.25, 0.3) is 0 Å². The Hall–Kier alpha value is -1.13. The van der Waals surface area contributed by atoms with Crippen LogP contribution < -0.4 is 0 Å². The molecule has 2 rings (SSSR count). The second-order valence-corrected chi connectivity index (χ2v) is 4.70. The van der Waals surface area contributed by atoms with Gasteiger partial charge in [-0.3, -0.25) is 4.79 Å². The van der Waals surface area contributed by atoms with Gasteiger partial charge in [-0.05, 0) is 23.8 Å². The molecule has 0 unspecified atom stereocenters. The van der Waals surface area contributed by atoms with Gasteiger partial charge >= 0.3 is 0 Å². The second-order valence-electron chi connectivity index (χ2n) is 3.79. The number of rotatable bonds is 2. The topological polar surface area (TPSA) is 40.5 Å². The molecule has 0 aromatic heterocycles. The fourth-order valence-electron chi connectivity index (χ4n) is 1.52. The zero-order valence-electron chi connectivity index (χ0n) is 8.64. The molecule has 4 heteroatoms. The molecule has 0 aliphatic carbocycles. The number of carbonyl (C=O) groups excluding carboxylic acids is 1. The lowest BCUT2D eigenvalue weighted by molar-refractivity contribution is -0.135. The monoisotopic (exact) mass is 281 g/mol. The van der Waals surface area contributed by atoms with Crippen molar-refractivity contribution in [1.29, 1.82) is 0 Å². The third kappa shape index (κ3) is 2.71. The molecule has 1 amide bonds. The first-order valence-electron chi connectivity index (χ1n) is 5.06. The quantitative estimate of drug-likeness (QED) is 0.838. The fourth-order valence-corrected chi connectivity index (χ4v) is 1.94. The Kier molecular flexibility index (Phi) is 3.41. The molecule has 0 radical (unpaired) electrons. The third-order valence-electron chi connectivity index (χ3n) is 2.44. The molecule has 1 N–H and O–H groups in total. The van der Waals surface area contributed by atoms with Crippen LogP contribution in [0.5, 0.6) is 0 Å². The molecular formula is C12H12BrNO2. The van der Waals surface area contributed by atoms with Crippen LogP contribution in [-0.2, 0) is 4.79 Å². The molecule has 1 heterocycles. The van der Waals surface area contributed by atoms with Gasteiger partial charge in [0.2, 0.25) is 5.91 Å². The Bertz CT molecular complexity index is 425. The number of carbonyl (C=O) groups is 1. The van der Waals surface area contributed by atoms with Gasteiger partial charge in [-0.25, -0.2) is 0 Å². The number of aliphatic hydroxyl groups is 1. The predicted molar refractivity (Wildman–Crippen MR) is 65.8 cm³/mol. The van der Waals surface area contributed by atoms with Crippen LogP contribution >= 0.6 is 15.9 Å². The van der Waals surface area contributed by atoms with Gasteiger partial charge in [0.05, 0.1) is 6.10 Å². The van der Waals surface area contributed by atoms with Gasteiger partial charge in [-0.15, -0.1) is 0 Å². The summed E-state index contributed by atoms with van der Waals surface area (Å²) < 4.78 is 0.987. The average molecular weight is 282 g/mol. The van der Waals surface area contributed by atoms with E-state index < -0.39 is 0 Å². The summed E-state index contributed by atoms with van der Waals surface area (Å²) in [6.07, 6.45) is 2.97. The molecule has 16 heavy (non-hydrogen) atoms. The first-order chi connectivity index (χ1) is 7.65. The summed E-state index contributed by atoms with van der Waals surface area (Å²) in [5.41, 5.74) is 0.976. The van der Waals surface area contributed by atoms with Crippen LogP contribution in [-0.4, -0.2) is 35.1 Å². The number of amides is 1. The molecule has 1 aliphatic rings. The molecule has 1 aliphatic heterocycles. The van der Waals surface area contributed by atoms with Gasteiger partial charge in [0.1, 0.15) is 0 Å². The number of likely N-dealkylation sites (tertiary alicyclic amines) is 1. The van der Waals surface area contributed by atoms with E-state index in [2.05, 4.69) is 15.9 Å². The molecule has 0 bridgehead atoms. The molecule has 0 saturated carbocycles. The lowest BCUT2D eigenvalue weighted by atomic mass is 10.1. The van der Waals surface area contributed by atoms with Crippen molar-refractivity contribution in [1.82, 2.24) is 4.90 Å². The molecule has 1 fully saturated rings. The van der Waals surface area contributed by atoms with E-state index in [4.69, 9.17) is 5.11 Å². The van der Waals surface area contributed by atoms with Crippen molar-refractivity contribution < 1.29 is 9.90 Å². The molecule has 1 aromatic rings. The zero-order valence-corrected chi connectivity index (χ0v) is 10.2. The Morgan fingerprint density at radius 2 is 2.25 bits per heavy atom. The van der Waals surface area contributed by atoms with Gasteiger partial charge in [-0.2, -0.15) is 0 Å². The third-order valence-corrected chi connectivity index (χ3v) is 2.93. The molecular weight excluding hydrogens is 270 g/mol. The van der Waals surface area contributed by atoms with E-state index in [0.717, 1.165) is 10.0 Å². The summed E-state index contributed by atoms with van der Waals surface area (Å²) in [5.74, 6) is -0.0507. The predicted octanol–water partition coefficient (Wildman–Crippen LogP) is 1.67. The highest BCUT2D eigenvalue weighted by atomic mass is 79.9. The van der Waals surface area contributed by atoms with E-state index in [1.807, 2.05) is 24.3 Å². The average Bonchev–Trinajstić information content (AvgIpc) is 2.22. The van der Waals surface area contributed by atoms with Crippen LogP contribution in [0.4, 0.5) is 0 Å². The smallest absolute Gasteiger partial charge is 0.246 e. The second kappa shape index (κ2) is 4.80. The normalized spacial score (nSPS) is 16.5. The van der Waals surface area contributed by atoms with E-state index in [0.29, 0.717) is 13.1 Å². The van der Waals surface area contributed by atoms with Crippen molar-refractivity contribution in [2.45, 2.75) is 6.10 Å². The molecule has 3 nitrogen and oxygen atoms in total. The molecule has 84 valence electrons. The first kappa shape index (κ1) is 11.4. The minimum atomic E-state index is -0.344. The minimum absolute atomic E-state index is 0.0507.